The summed E-state index contributed by atoms with van der Waals surface area (Å²) in [5.41, 5.74) is 0. The highest BCUT2D eigenvalue weighted by Crippen LogP contribution is 2.23. The fourth-order valence-electron chi connectivity index (χ4n) is 4.00. The Bertz CT molecular complexity index is 839. The summed E-state index contributed by atoms with van der Waals surface area (Å²) < 4.78 is 37.8. The molecule has 2 aliphatic rings. The summed E-state index contributed by atoms with van der Waals surface area (Å²) in [6, 6.07) is 6.24. The topological polar surface area (TPSA) is 93.2 Å². The lowest BCUT2D eigenvalue weighted by Gasteiger charge is -2.30. The van der Waals surface area contributed by atoms with Crippen LogP contribution in [0, 0.1) is 5.92 Å². The minimum atomic E-state index is -3.50. The molecule has 3 rings (SSSR count). The summed E-state index contributed by atoms with van der Waals surface area (Å²) in [7, 11) is -3.50. The predicted molar refractivity (Wildman–Crippen MR) is 115 cm³/mol. The quantitative estimate of drug-likeness (QED) is 0.590. The van der Waals surface area contributed by atoms with Gasteiger partial charge in [-0.25, -0.2) is 8.42 Å². The van der Waals surface area contributed by atoms with Gasteiger partial charge in [-0.2, -0.15) is 4.31 Å². The lowest BCUT2D eigenvalue weighted by molar-refractivity contribution is -0.151. The number of ether oxygens (including phenoxy) is 2. The molecule has 0 radical (unpaired) electrons. The Kier molecular flexibility index (Phi) is 8.31. The van der Waals surface area contributed by atoms with E-state index >= 15 is 0 Å². The van der Waals surface area contributed by atoms with E-state index in [1.807, 2.05) is 0 Å². The van der Waals surface area contributed by atoms with Crippen LogP contribution in [0.4, 0.5) is 0 Å². The highest BCUT2D eigenvalue weighted by molar-refractivity contribution is 7.89. The number of esters is 1. The van der Waals surface area contributed by atoms with E-state index in [0.29, 0.717) is 51.4 Å². The number of carbonyl (C=O) groups excluding carboxylic acids is 2. The van der Waals surface area contributed by atoms with E-state index in [9.17, 15) is 18.0 Å². The molecule has 172 valence electrons. The molecule has 1 amide bonds. The van der Waals surface area contributed by atoms with Gasteiger partial charge in [-0.3, -0.25) is 9.59 Å². The second-order valence-corrected chi connectivity index (χ2v) is 9.92. The number of rotatable bonds is 7. The van der Waals surface area contributed by atoms with E-state index in [1.165, 1.54) is 12.1 Å². The molecule has 1 aromatic carbocycles. The van der Waals surface area contributed by atoms with Crippen LogP contribution in [0.5, 0.6) is 5.75 Å². The zero-order valence-corrected chi connectivity index (χ0v) is 18.9. The molecular formula is C22H32N2O6S. The molecular weight excluding hydrogens is 420 g/mol. The Morgan fingerprint density at radius 1 is 0.968 bits per heavy atom. The summed E-state index contributed by atoms with van der Waals surface area (Å²) >= 11 is 0. The lowest BCUT2D eigenvalue weighted by atomic mass is 9.97. The van der Waals surface area contributed by atoms with Crippen LogP contribution in [-0.2, 0) is 24.3 Å². The monoisotopic (exact) mass is 452 g/mol. The molecule has 0 unspecified atom stereocenters. The molecule has 31 heavy (non-hydrogen) atoms. The Morgan fingerprint density at radius 3 is 2.16 bits per heavy atom. The molecule has 2 heterocycles. The molecule has 0 saturated carbocycles. The van der Waals surface area contributed by atoms with E-state index in [0.717, 1.165) is 25.7 Å². The van der Waals surface area contributed by atoms with Gasteiger partial charge < -0.3 is 14.4 Å². The maximum Gasteiger partial charge on any atom is 0.309 e. The number of likely N-dealkylation sites (tertiary alicyclic amines) is 1. The summed E-state index contributed by atoms with van der Waals surface area (Å²) in [6.45, 7) is 4.14. The molecule has 0 spiro atoms. The minimum Gasteiger partial charge on any atom is -0.484 e. The number of piperidine rings is 1. The van der Waals surface area contributed by atoms with Crippen molar-refractivity contribution in [3.8, 4) is 5.75 Å². The average molecular weight is 453 g/mol. The molecule has 8 nitrogen and oxygen atoms in total. The van der Waals surface area contributed by atoms with Crippen molar-refractivity contribution in [1.82, 2.24) is 9.21 Å². The first-order valence-electron chi connectivity index (χ1n) is 11.1. The third kappa shape index (κ3) is 6.20. The Morgan fingerprint density at radius 2 is 1.58 bits per heavy atom. The number of amides is 1. The molecule has 0 N–H and O–H groups in total. The zero-order valence-electron chi connectivity index (χ0n) is 18.1. The van der Waals surface area contributed by atoms with Gasteiger partial charge >= 0.3 is 5.97 Å². The van der Waals surface area contributed by atoms with Crippen LogP contribution in [0.2, 0.25) is 0 Å². The van der Waals surface area contributed by atoms with Gasteiger partial charge in [0.15, 0.2) is 6.61 Å². The lowest BCUT2D eigenvalue weighted by Crippen LogP contribution is -2.42. The molecule has 0 atom stereocenters. The van der Waals surface area contributed by atoms with Crippen LogP contribution in [0.3, 0.4) is 0 Å². The molecule has 0 aromatic heterocycles. The van der Waals surface area contributed by atoms with Crippen molar-refractivity contribution in [2.75, 3.05) is 39.4 Å². The maximum atomic E-state index is 12.8. The Hall–Kier alpha value is -2.13. The zero-order chi connectivity index (χ0) is 22.3. The van der Waals surface area contributed by atoms with E-state index < -0.39 is 10.0 Å². The van der Waals surface area contributed by atoms with Crippen LogP contribution in [0.15, 0.2) is 29.2 Å². The largest absolute Gasteiger partial charge is 0.484 e. The van der Waals surface area contributed by atoms with Crippen molar-refractivity contribution < 1.29 is 27.5 Å². The molecule has 0 aliphatic carbocycles. The van der Waals surface area contributed by atoms with Crippen LogP contribution in [0.25, 0.3) is 0 Å². The SMILES string of the molecule is CCOC(=O)C1CCN(C(=O)COc2ccc(S(=O)(=O)N3CCCCCC3)cc2)CC1. The van der Waals surface area contributed by atoms with Crippen LogP contribution >= 0.6 is 0 Å². The minimum absolute atomic E-state index is 0.123. The first-order chi connectivity index (χ1) is 14.9. The third-order valence-corrected chi connectivity index (χ3v) is 7.77. The van der Waals surface area contributed by atoms with Gasteiger partial charge in [-0.15, -0.1) is 0 Å². The fraction of sp³-hybridized carbons (Fsp3) is 0.636. The van der Waals surface area contributed by atoms with Crippen molar-refractivity contribution in [2.24, 2.45) is 5.92 Å². The van der Waals surface area contributed by atoms with Gasteiger partial charge in [0.1, 0.15) is 5.75 Å². The molecule has 2 aliphatic heterocycles. The highest BCUT2D eigenvalue weighted by Gasteiger charge is 2.28. The Balaban J connectivity index is 1.49. The predicted octanol–water partition coefficient (Wildman–Crippen LogP) is 2.43. The van der Waals surface area contributed by atoms with Gasteiger partial charge in [-0.05, 0) is 56.9 Å². The standard InChI is InChI=1S/C22H32N2O6S/c1-2-29-22(26)18-11-15-23(16-12-18)21(25)17-30-19-7-9-20(10-8-19)31(27,28)24-13-5-3-4-6-14-24/h7-10,18H,2-6,11-17H2,1H3. The van der Waals surface area contributed by atoms with Gasteiger partial charge in [0, 0.05) is 26.2 Å². The summed E-state index contributed by atoms with van der Waals surface area (Å²) in [5.74, 6) is -0.0437. The fourth-order valence-corrected chi connectivity index (χ4v) is 5.52. The van der Waals surface area contributed by atoms with E-state index in [1.54, 1.807) is 28.3 Å². The molecule has 2 fully saturated rings. The normalized spacial score (nSPS) is 18.9. The average Bonchev–Trinajstić information content (AvgIpc) is 3.08. The summed E-state index contributed by atoms with van der Waals surface area (Å²) in [5, 5.41) is 0. The van der Waals surface area contributed by atoms with Crippen LogP contribution < -0.4 is 4.74 Å². The molecule has 1 aromatic rings. The number of carbonyl (C=O) groups is 2. The van der Waals surface area contributed by atoms with Crippen molar-refractivity contribution in [3.63, 3.8) is 0 Å². The number of benzene rings is 1. The second kappa shape index (κ2) is 10.9. The van der Waals surface area contributed by atoms with Gasteiger partial charge in [0.25, 0.3) is 5.91 Å². The number of sulfonamides is 1. The van der Waals surface area contributed by atoms with Crippen molar-refractivity contribution >= 4 is 21.9 Å². The van der Waals surface area contributed by atoms with Gasteiger partial charge in [-0.1, -0.05) is 12.8 Å². The van der Waals surface area contributed by atoms with Crippen LogP contribution in [0.1, 0.15) is 45.4 Å². The smallest absolute Gasteiger partial charge is 0.309 e. The highest BCUT2D eigenvalue weighted by atomic mass is 32.2. The molecule has 2 saturated heterocycles. The maximum absolute atomic E-state index is 12.8. The number of nitrogens with zero attached hydrogens (tertiary/aromatic N) is 2. The number of hydrogen-bond donors (Lipinski definition) is 0. The van der Waals surface area contributed by atoms with Crippen molar-refractivity contribution in [1.29, 1.82) is 0 Å². The van der Waals surface area contributed by atoms with Crippen molar-refractivity contribution in [3.05, 3.63) is 24.3 Å². The third-order valence-electron chi connectivity index (χ3n) is 5.86. The molecule has 0 bridgehead atoms. The van der Waals surface area contributed by atoms with Crippen LogP contribution in [-0.4, -0.2) is 68.9 Å². The second-order valence-electron chi connectivity index (χ2n) is 7.99. The van der Waals surface area contributed by atoms with E-state index in [4.69, 9.17) is 9.47 Å². The van der Waals surface area contributed by atoms with E-state index in [-0.39, 0.29) is 29.3 Å². The van der Waals surface area contributed by atoms with E-state index in [2.05, 4.69) is 0 Å². The Labute approximate surface area is 184 Å². The number of hydrogen-bond acceptors (Lipinski definition) is 6. The van der Waals surface area contributed by atoms with Gasteiger partial charge in [0.05, 0.1) is 17.4 Å². The van der Waals surface area contributed by atoms with Gasteiger partial charge in [0.2, 0.25) is 10.0 Å². The first kappa shape index (κ1) is 23.5. The molecule has 9 heteroatoms. The summed E-state index contributed by atoms with van der Waals surface area (Å²) in [6.07, 6.45) is 5.08. The van der Waals surface area contributed by atoms with Crippen molar-refractivity contribution in [2.45, 2.75) is 50.3 Å². The summed E-state index contributed by atoms with van der Waals surface area (Å²) in [4.78, 5) is 26.2. The first-order valence-corrected chi connectivity index (χ1v) is 12.5.